The molecule has 4 nitrogen and oxygen atoms in total. The summed E-state index contributed by atoms with van der Waals surface area (Å²) in [5.41, 5.74) is 2.06. The van der Waals surface area contributed by atoms with Crippen molar-refractivity contribution in [1.29, 1.82) is 0 Å². The van der Waals surface area contributed by atoms with Crippen LogP contribution in [0.4, 0.5) is 4.79 Å². The van der Waals surface area contributed by atoms with E-state index in [1.54, 1.807) is 7.11 Å². The molecule has 22 heavy (non-hydrogen) atoms. The van der Waals surface area contributed by atoms with Gasteiger partial charge >= 0.3 is 6.09 Å². The fourth-order valence-electron chi connectivity index (χ4n) is 1.84. The fourth-order valence-corrected chi connectivity index (χ4v) is 1.84. The van der Waals surface area contributed by atoms with Crippen LogP contribution >= 0.6 is 0 Å². The Balaban J connectivity index is 1.68. The van der Waals surface area contributed by atoms with Gasteiger partial charge < -0.3 is 14.8 Å². The lowest BCUT2D eigenvalue weighted by molar-refractivity contribution is 0.158. The number of methoxy groups -OCH3 is 1. The normalized spacial score (nSPS) is 10.4. The van der Waals surface area contributed by atoms with Gasteiger partial charge in [0.25, 0.3) is 0 Å². The standard InChI is InChI=1S/C18H19NO3/c1-21-17-11-9-16(10-12-17)14-19-18(20)22-13-5-8-15-6-3-2-4-7-15/h2-12H,13-14H2,1H3,(H,19,20). The number of carbonyl (C=O) groups is 1. The third-order valence-corrected chi connectivity index (χ3v) is 3.02. The zero-order chi connectivity index (χ0) is 15.6. The molecule has 4 heteroatoms. The summed E-state index contributed by atoms with van der Waals surface area (Å²) in [7, 11) is 1.62. The molecule has 1 amide bonds. The van der Waals surface area contributed by atoms with Crippen molar-refractivity contribution in [1.82, 2.24) is 5.32 Å². The van der Waals surface area contributed by atoms with Gasteiger partial charge in [-0.15, -0.1) is 0 Å². The summed E-state index contributed by atoms with van der Waals surface area (Å²) in [4.78, 5) is 11.6. The molecule has 0 aromatic heterocycles. The van der Waals surface area contributed by atoms with E-state index in [9.17, 15) is 4.79 Å². The Hall–Kier alpha value is -2.75. The van der Waals surface area contributed by atoms with Crippen LogP contribution in [0.2, 0.25) is 0 Å². The molecule has 0 saturated heterocycles. The molecule has 0 atom stereocenters. The third-order valence-electron chi connectivity index (χ3n) is 3.02. The van der Waals surface area contributed by atoms with Gasteiger partial charge in [0.2, 0.25) is 0 Å². The molecule has 0 radical (unpaired) electrons. The SMILES string of the molecule is COc1ccc(CNC(=O)OCC=Cc2ccccc2)cc1. The Kier molecular flexibility index (Phi) is 6.05. The van der Waals surface area contributed by atoms with Gasteiger partial charge in [0.1, 0.15) is 12.4 Å². The Bertz CT molecular complexity index is 606. The van der Waals surface area contributed by atoms with Gasteiger partial charge in [-0.3, -0.25) is 0 Å². The Morgan fingerprint density at radius 1 is 1.09 bits per heavy atom. The van der Waals surface area contributed by atoms with E-state index in [2.05, 4.69) is 5.32 Å². The molecule has 2 aromatic carbocycles. The largest absolute Gasteiger partial charge is 0.497 e. The highest BCUT2D eigenvalue weighted by molar-refractivity contribution is 5.67. The molecular formula is C18H19NO3. The lowest BCUT2D eigenvalue weighted by Crippen LogP contribution is -2.23. The number of ether oxygens (including phenoxy) is 2. The second-order valence-electron chi connectivity index (χ2n) is 4.61. The maximum atomic E-state index is 11.6. The van der Waals surface area contributed by atoms with E-state index in [-0.39, 0.29) is 6.61 Å². The predicted molar refractivity (Wildman–Crippen MR) is 86.7 cm³/mol. The molecule has 0 fully saturated rings. The van der Waals surface area contributed by atoms with Gasteiger partial charge in [-0.05, 0) is 29.3 Å². The van der Waals surface area contributed by atoms with Crippen LogP contribution in [0.3, 0.4) is 0 Å². The van der Waals surface area contributed by atoms with Gasteiger partial charge in [0, 0.05) is 6.54 Å². The zero-order valence-corrected chi connectivity index (χ0v) is 12.5. The number of amides is 1. The van der Waals surface area contributed by atoms with Crippen LogP contribution < -0.4 is 10.1 Å². The molecule has 2 rings (SSSR count). The molecule has 0 heterocycles. The average molecular weight is 297 g/mol. The molecule has 0 bridgehead atoms. The van der Waals surface area contributed by atoms with Crippen LogP contribution in [0.1, 0.15) is 11.1 Å². The molecule has 0 aliphatic carbocycles. The minimum absolute atomic E-state index is 0.239. The first-order valence-electron chi connectivity index (χ1n) is 7.03. The monoisotopic (exact) mass is 297 g/mol. The van der Waals surface area contributed by atoms with Crippen molar-refractivity contribution in [2.75, 3.05) is 13.7 Å². The van der Waals surface area contributed by atoms with Crippen molar-refractivity contribution in [3.63, 3.8) is 0 Å². The number of hydrogen-bond donors (Lipinski definition) is 1. The van der Waals surface area contributed by atoms with Crippen molar-refractivity contribution in [3.8, 4) is 5.75 Å². The smallest absolute Gasteiger partial charge is 0.407 e. The zero-order valence-electron chi connectivity index (χ0n) is 12.5. The number of benzene rings is 2. The van der Waals surface area contributed by atoms with Crippen LogP contribution in [-0.4, -0.2) is 19.8 Å². The van der Waals surface area contributed by atoms with Crippen molar-refractivity contribution in [3.05, 3.63) is 71.8 Å². The molecule has 0 spiro atoms. The Morgan fingerprint density at radius 2 is 1.82 bits per heavy atom. The molecule has 2 aromatic rings. The van der Waals surface area contributed by atoms with Crippen LogP contribution in [0.15, 0.2) is 60.7 Å². The van der Waals surface area contributed by atoms with E-state index in [0.717, 1.165) is 16.9 Å². The van der Waals surface area contributed by atoms with Crippen molar-refractivity contribution >= 4 is 12.2 Å². The summed E-state index contributed by atoms with van der Waals surface area (Å²) in [5, 5.41) is 2.70. The summed E-state index contributed by atoms with van der Waals surface area (Å²) in [6.45, 7) is 0.661. The Morgan fingerprint density at radius 3 is 2.50 bits per heavy atom. The average Bonchev–Trinajstić information content (AvgIpc) is 2.58. The fraction of sp³-hybridized carbons (Fsp3) is 0.167. The number of rotatable bonds is 6. The maximum absolute atomic E-state index is 11.6. The first-order chi connectivity index (χ1) is 10.8. The summed E-state index contributed by atoms with van der Waals surface area (Å²) in [6, 6.07) is 17.4. The van der Waals surface area contributed by atoms with Crippen molar-refractivity contribution < 1.29 is 14.3 Å². The van der Waals surface area contributed by atoms with Crippen molar-refractivity contribution in [2.24, 2.45) is 0 Å². The van der Waals surface area contributed by atoms with E-state index in [1.807, 2.05) is 66.7 Å². The van der Waals surface area contributed by atoms with Gasteiger partial charge in [0.05, 0.1) is 7.11 Å². The quantitative estimate of drug-likeness (QED) is 0.885. The predicted octanol–water partition coefficient (Wildman–Crippen LogP) is 3.63. The lowest BCUT2D eigenvalue weighted by atomic mass is 10.2. The summed E-state index contributed by atoms with van der Waals surface area (Å²) < 4.78 is 10.1. The minimum Gasteiger partial charge on any atom is -0.497 e. The highest BCUT2D eigenvalue weighted by atomic mass is 16.5. The van der Waals surface area contributed by atoms with E-state index in [0.29, 0.717) is 6.54 Å². The van der Waals surface area contributed by atoms with E-state index < -0.39 is 6.09 Å². The molecule has 0 aliphatic heterocycles. The molecule has 114 valence electrons. The van der Waals surface area contributed by atoms with Crippen LogP contribution in [0, 0.1) is 0 Å². The number of alkyl carbamates (subject to hydrolysis) is 1. The van der Waals surface area contributed by atoms with Gasteiger partial charge in [-0.2, -0.15) is 0 Å². The van der Waals surface area contributed by atoms with Gasteiger partial charge in [-0.1, -0.05) is 48.5 Å². The van der Waals surface area contributed by atoms with Crippen LogP contribution in [0.25, 0.3) is 6.08 Å². The Labute approximate surface area is 130 Å². The number of carbonyl (C=O) groups excluding carboxylic acids is 1. The lowest BCUT2D eigenvalue weighted by Gasteiger charge is -2.06. The molecule has 1 N–H and O–H groups in total. The highest BCUT2D eigenvalue weighted by Gasteiger charge is 2.00. The van der Waals surface area contributed by atoms with Gasteiger partial charge in [0.15, 0.2) is 0 Å². The number of nitrogens with one attached hydrogen (secondary N) is 1. The van der Waals surface area contributed by atoms with Crippen LogP contribution in [0.5, 0.6) is 5.75 Å². The summed E-state index contributed by atoms with van der Waals surface area (Å²) in [5.74, 6) is 0.789. The van der Waals surface area contributed by atoms with E-state index in [1.165, 1.54) is 0 Å². The molecule has 0 saturated carbocycles. The highest BCUT2D eigenvalue weighted by Crippen LogP contribution is 2.10. The first-order valence-corrected chi connectivity index (χ1v) is 7.03. The summed E-state index contributed by atoms with van der Waals surface area (Å²) >= 11 is 0. The first kappa shape index (κ1) is 15.6. The number of hydrogen-bond acceptors (Lipinski definition) is 3. The topological polar surface area (TPSA) is 47.6 Å². The maximum Gasteiger partial charge on any atom is 0.407 e. The van der Waals surface area contributed by atoms with E-state index in [4.69, 9.17) is 9.47 Å². The second kappa shape index (κ2) is 8.52. The molecule has 0 unspecified atom stereocenters. The third kappa shape index (κ3) is 5.32. The molecular weight excluding hydrogens is 278 g/mol. The summed E-state index contributed by atoms with van der Waals surface area (Å²) in [6.07, 6.45) is 3.28. The van der Waals surface area contributed by atoms with Crippen LogP contribution in [-0.2, 0) is 11.3 Å². The minimum atomic E-state index is -0.437. The molecule has 0 aliphatic rings. The van der Waals surface area contributed by atoms with Crippen molar-refractivity contribution in [2.45, 2.75) is 6.54 Å². The van der Waals surface area contributed by atoms with E-state index >= 15 is 0 Å². The van der Waals surface area contributed by atoms with Gasteiger partial charge in [-0.25, -0.2) is 4.79 Å². The second-order valence-corrected chi connectivity index (χ2v) is 4.61.